The first kappa shape index (κ1) is 11.0. The first-order valence-electron chi connectivity index (χ1n) is 3.45. The number of nitrogens with one attached hydrogen (secondary N) is 1. The fourth-order valence-electron chi connectivity index (χ4n) is 0.522. The summed E-state index contributed by atoms with van der Waals surface area (Å²) in [6.07, 6.45) is 0.165. The quantitative estimate of drug-likeness (QED) is 0.607. The Bertz CT molecular complexity index is 267. The molecule has 0 heterocycles. The third-order valence-corrected chi connectivity index (χ3v) is 1.01. The average molecular weight is 183 g/mol. The molecule has 7 nitrogen and oxygen atoms in total. The molecule has 0 spiro atoms. The molecular weight excluding hydrogens is 174 g/mol. The minimum Gasteiger partial charge on any atom is -0.348 e. The van der Waals surface area contributed by atoms with Crippen molar-refractivity contribution in [2.24, 2.45) is 16.0 Å². The van der Waals surface area contributed by atoms with E-state index in [4.69, 9.17) is 5.26 Å². The molecule has 0 aliphatic rings. The Morgan fingerprint density at radius 3 is 2.69 bits per heavy atom. The lowest BCUT2D eigenvalue weighted by Crippen LogP contribution is -2.29. The lowest BCUT2D eigenvalue weighted by Gasteiger charge is -2.05. The van der Waals surface area contributed by atoms with Crippen LogP contribution in [-0.4, -0.2) is 18.1 Å². The lowest BCUT2D eigenvalue weighted by atomic mass is 10.3. The predicted molar refractivity (Wildman–Crippen MR) is 42.7 cm³/mol. The molecule has 1 unspecified atom stereocenters. The molecular formula is C6H9N5O2. The fourth-order valence-corrected chi connectivity index (χ4v) is 0.522. The van der Waals surface area contributed by atoms with Crippen LogP contribution in [0.15, 0.2) is 10.2 Å². The molecule has 4 amide bonds. The molecule has 13 heavy (non-hydrogen) atoms. The van der Waals surface area contributed by atoms with Crippen LogP contribution in [0.2, 0.25) is 0 Å². The summed E-state index contributed by atoms with van der Waals surface area (Å²) in [5.41, 5.74) is 4.60. The molecule has 0 fully saturated rings. The number of nitriles is 1. The van der Waals surface area contributed by atoms with Gasteiger partial charge in [0.05, 0.1) is 12.5 Å². The first-order chi connectivity index (χ1) is 6.06. The van der Waals surface area contributed by atoms with Gasteiger partial charge in [0.2, 0.25) is 0 Å². The van der Waals surface area contributed by atoms with E-state index in [0.717, 1.165) is 0 Å². The van der Waals surface area contributed by atoms with Crippen molar-refractivity contribution < 1.29 is 9.59 Å². The van der Waals surface area contributed by atoms with Crippen molar-refractivity contribution in [2.75, 3.05) is 0 Å². The van der Waals surface area contributed by atoms with Crippen molar-refractivity contribution in [2.45, 2.75) is 19.4 Å². The topological polar surface area (TPSA) is 121 Å². The Kier molecular flexibility index (Phi) is 4.79. The zero-order valence-electron chi connectivity index (χ0n) is 7.02. The zero-order valence-corrected chi connectivity index (χ0v) is 7.02. The lowest BCUT2D eigenvalue weighted by molar-refractivity contribution is 0.242. The van der Waals surface area contributed by atoms with E-state index in [0.29, 0.717) is 0 Å². The highest BCUT2D eigenvalue weighted by molar-refractivity contribution is 5.78. The summed E-state index contributed by atoms with van der Waals surface area (Å²) in [4.78, 5) is 20.8. The number of hydrogen-bond donors (Lipinski definition) is 2. The number of primary amides is 1. The molecule has 0 bridgehead atoms. The van der Waals surface area contributed by atoms with Crippen LogP contribution in [0.25, 0.3) is 0 Å². The number of nitrogens with two attached hydrogens (primary N) is 1. The summed E-state index contributed by atoms with van der Waals surface area (Å²) in [5, 5.41) is 16.3. The van der Waals surface area contributed by atoms with E-state index in [1.54, 1.807) is 6.92 Å². The van der Waals surface area contributed by atoms with Crippen molar-refractivity contribution in [1.82, 2.24) is 5.32 Å². The van der Waals surface area contributed by atoms with Crippen molar-refractivity contribution in [1.29, 1.82) is 5.26 Å². The fraction of sp³-hybridized carbons (Fsp3) is 0.500. The molecule has 3 N–H and O–H groups in total. The molecule has 0 aromatic heterocycles. The maximum atomic E-state index is 10.7. The van der Waals surface area contributed by atoms with E-state index in [1.165, 1.54) is 0 Å². The molecule has 0 aliphatic heterocycles. The monoisotopic (exact) mass is 183 g/mol. The predicted octanol–water partition coefficient (Wildman–Crippen LogP) is 0.529. The number of amides is 4. The van der Waals surface area contributed by atoms with Gasteiger partial charge in [-0.25, -0.2) is 9.59 Å². The summed E-state index contributed by atoms with van der Waals surface area (Å²) in [7, 11) is 0. The smallest absolute Gasteiger partial charge is 0.348 e. The minimum absolute atomic E-state index is 0.165. The Balaban J connectivity index is 3.88. The largest absolute Gasteiger partial charge is 0.359 e. The molecule has 70 valence electrons. The maximum absolute atomic E-state index is 10.7. The van der Waals surface area contributed by atoms with Gasteiger partial charge in [-0.15, -0.1) is 0 Å². The molecule has 0 aromatic carbocycles. The highest BCUT2D eigenvalue weighted by atomic mass is 16.2. The number of urea groups is 2. The van der Waals surface area contributed by atoms with Gasteiger partial charge in [-0.05, 0) is 6.92 Å². The highest BCUT2D eigenvalue weighted by Gasteiger charge is 2.04. The van der Waals surface area contributed by atoms with E-state index < -0.39 is 12.1 Å². The number of rotatable bonds is 2. The maximum Gasteiger partial charge on any atom is 0.359 e. The van der Waals surface area contributed by atoms with Gasteiger partial charge in [0, 0.05) is 6.04 Å². The Morgan fingerprint density at radius 2 is 2.23 bits per heavy atom. The molecule has 0 saturated heterocycles. The first-order valence-corrected chi connectivity index (χ1v) is 3.45. The molecule has 0 rings (SSSR count). The number of hydrogen-bond acceptors (Lipinski definition) is 3. The zero-order chi connectivity index (χ0) is 10.3. The molecule has 1 atom stereocenters. The van der Waals surface area contributed by atoms with Crippen LogP contribution in [0.5, 0.6) is 0 Å². The van der Waals surface area contributed by atoms with Gasteiger partial charge in [0.25, 0.3) is 0 Å². The number of carbonyl (C=O) groups is 2. The molecule has 0 saturated carbocycles. The standard InChI is InChI=1S/C6H9N5O2/c1-4(2-3-7)9-6(13)11-10-5(8)12/h4H,2H2,1H3,(H2,8,12)(H,9,13). The Hall–Kier alpha value is -1.97. The summed E-state index contributed by atoms with van der Waals surface area (Å²) in [6.45, 7) is 1.63. The van der Waals surface area contributed by atoms with Crippen LogP contribution in [0.1, 0.15) is 13.3 Å². The van der Waals surface area contributed by atoms with E-state index >= 15 is 0 Å². The van der Waals surface area contributed by atoms with Gasteiger partial charge >= 0.3 is 12.1 Å². The third kappa shape index (κ3) is 6.43. The second-order valence-corrected chi connectivity index (χ2v) is 2.25. The number of azo groups is 1. The van der Waals surface area contributed by atoms with Crippen molar-refractivity contribution in [3.63, 3.8) is 0 Å². The summed E-state index contributed by atoms with van der Waals surface area (Å²) < 4.78 is 0. The Labute approximate surface area is 74.6 Å². The second kappa shape index (κ2) is 5.65. The normalized spacial score (nSPS) is 12.0. The van der Waals surface area contributed by atoms with Crippen LogP contribution in [0, 0.1) is 11.3 Å². The van der Waals surface area contributed by atoms with Crippen molar-refractivity contribution in [3.8, 4) is 6.07 Å². The van der Waals surface area contributed by atoms with Crippen LogP contribution >= 0.6 is 0 Å². The molecule has 0 radical (unpaired) electrons. The number of nitrogens with zero attached hydrogens (tertiary/aromatic N) is 3. The molecule has 0 aromatic rings. The van der Waals surface area contributed by atoms with Crippen LogP contribution in [0.4, 0.5) is 9.59 Å². The van der Waals surface area contributed by atoms with E-state index in [9.17, 15) is 9.59 Å². The van der Waals surface area contributed by atoms with Gasteiger partial charge in [-0.1, -0.05) is 10.2 Å². The highest BCUT2D eigenvalue weighted by Crippen LogP contribution is 1.89. The molecule has 7 heteroatoms. The molecule has 0 aliphatic carbocycles. The van der Waals surface area contributed by atoms with Gasteiger partial charge in [0.1, 0.15) is 0 Å². The summed E-state index contributed by atoms with van der Waals surface area (Å²) in [6, 6.07) is -0.299. The summed E-state index contributed by atoms with van der Waals surface area (Å²) in [5.74, 6) is 0. The minimum atomic E-state index is -1.04. The van der Waals surface area contributed by atoms with Gasteiger partial charge in [-0.3, -0.25) is 0 Å². The van der Waals surface area contributed by atoms with Crippen molar-refractivity contribution in [3.05, 3.63) is 0 Å². The van der Waals surface area contributed by atoms with Gasteiger partial charge in [-0.2, -0.15) is 5.26 Å². The van der Waals surface area contributed by atoms with Crippen LogP contribution in [-0.2, 0) is 0 Å². The van der Waals surface area contributed by atoms with Gasteiger partial charge < -0.3 is 11.1 Å². The van der Waals surface area contributed by atoms with Gasteiger partial charge in [0.15, 0.2) is 0 Å². The van der Waals surface area contributed by atoms with E-state index in [2.05, 4.69) is 21.3 Å². The van der Waals surface area contributed by atoms with Crippen LogP contribution in [0.3, 0.4) is 0 Å². The van der Waals surface area contributed by atoms with E-state index in [-0.39, 0.29) is 12.5 Å². The third-order valence-electron chi connectivity index (χ3n) is 1.01. The SMILES string of the molecule is CC(CC#N)NC(=O)N=NC(N)=O. The summed E-state index contributed by atoms with van der Waals surface area (Å²) >= 11 is 0. The van der Waals surface area contributed by atoms with Crippen LogP contribution < -0.4 is 11.1 Å². The average Bonchev–Trinajstić information content (AvgIpc) is 2.01. The number of carbonyl (C=O) groups excluding carboxylic acids is 2. The second-order valence-electron chi connectivity index (χ2n) is 2.25. The van der Waals surface area contributed by atoms with Crippen molar-refractivity contribution >= 4 is 12.1 Å². The Morgan fingerprint density at radius 1 is 1.62 bits per heavy atom. The van der Waals surface area contributed by atoms with E-state index in [1.807, 2.05) is 6.07 Å².